The van der Waals surface area contributed by atoms with Gasteiger partial charge in [0.05, 0.1) is 7.11 Å². The van der Waals surface area contributed by atoms with Gasteiger partial charge in [-0.05, 0) is 0 Å². The van der Waals surface area contributed by atoms with Crippen LogP contribution >= 0.6 is 0 Å². The Kier molecular flexibility index (Phi) is 1.29. The Balaban J connectivity index is 2.23. The SMILES string of the molecule is C=C(OC)C12Cc3cc(c1o3)OS2=O. The average Bonchev–Trinajstić information content (AvgIpc) is 2.75. The molecule has 0 aliphatic carbocycles. The molecule has 74 valence electrons. The van der Waals surface area contributed by atoms with E-state index in [4.69, 9.17) is 13.3 Å². The van der Waals surface area contributed by atoms with Crippen molar-refractivity contribution >= 4 is 11.1 Å². The molecule has 0 saturated carbocycles. The van der Waals surface area contributed by atoms with Gasteiger partial charge < -0.3 is 13.3 Å². The zero-order chi connectivity index (χ0) is 9.92. The average molecular weight is 212 g/mol. The van der Waals surface area contributed by atoms with Gasteiger partial charge in [-0.2, -0.15) is 0 Å². The van der Waals surface area contributed by atoms with Crippen LogP contribution < -0.4 is 4.18 Å². The molecule has 14 heavy (non-hydrogen) atoms. The molecule has 1 aromatic heterocycles. The molecule has 2 atom stereocenters. The maximum atomic E-state index is 11.8. The van der Waals surface area contributed by atoms with Gasteiger partial charge in [0.2, 0.25) is 15.8 Å². The van der Waals surface area contributed by atoms with E-state index in [9.17, 15) is 4.21 Å². The van der Waals surface area contributed by atoms with Crippen LogP contribution in [0, 0.1) is 0 Å². The smallest absolute Gasteiger partial charge is 0.229 e. The molecule has 0 amide bonds. The van der Waals surface area contributed by atoms with Gasteiger partial charge in [-0.25, -0.2) is 4.21 Å². The summed E-state index contributed by atoms with van der Waals surface area (Å²) < 4.78 is 26.7. The Morgan fingerprint density at radius 1 is 1.79 bits per heavy atom. The monoisotopic (exact) mass is 212 g/mol. The fraction of sp³-hybridized carbons (Fsp3) is 0.333. The van der Waals surface area contributed by atoms with E-state index >= 15 is 0 Å². The summed E-state index contributed by atoms with van der Waals surface area (Å²) in [6.45, 7) is 3.76. The van der Waals surface area contributed by atoms with Crippen LogP contribution in [0.2, 0.25) is 0 Å². The van der Waals surface area contributed by atoms with Crippen molar-refractivity contribution in [2.75, 3.05) is 7.11 Å². The molecule has 5 heteroatoms. The molecule has 2 unspecified atom stereocenters. The quantitative estimate of drug-likeness (QED) is 0.692. The van der Waals surface area contributed by atoms with Crippen LogP contribution in [0.15, 0.2) is 22.8 Å². The predicted octanol–water partition coefficient (Wildman–Crippen LogP) is 1.25. The summed E-state index contributed by atoms with van der Waals surface area (Å²) in [5.41, 5.74) is 0. The Morgan fingerprint density at radius 3 is 3.21 bits per heavy atom. The Labute approximate surface area is 83.2 Å². The molecule has 0 radical (unpaired) electrons. The highest BCUT2D eigenvalue weighted by molar-refractivity contribution is 7.82. The molecule has 1 aromatic rings. The zero-order valence-corrected chi connectivity index (χ0v) is 8.35. The Hall–Kier alpha value is -1.23. The van der Waals surface area contributed by atoms with E-state index in [0.717, 1.165) is 5.76 Å². The molecule has 0 aromatic carbocycles. The summed E-state index contributed by atoms with van der Waals surface area (Å²) >= 11 is -1.48. The largest absolute Gasteiger partial charge is 0.499 e. The third-order valence-electron chi connectivity index (χ3n) is 2.69. The lowest BCUT2D eigenvalue weighted by molar-refractivity contribution is 0.253. The third kappa shape index (κ3) is 0.650. The normalized spacial score (nSPS) is 31.6. The van der Waals surface area contributed by atoms with E-state index in [1.54, 1.807) is 6.07 Å². The minimum absolute atomic E-state index is 0.434. The van der Waals surface area contributed by atoms with Gasteiger partial charge in [-0.1, -0.05) is 6.58 Å². The summed E-state index contributed by atoms with van der Waals surface area (Å²) in [5.74, 6) is 2.36. The van der Waals surface area contributed by atoms with Crippen LogP contribution in [-0.2, 0) is 27.0 Å². The summed E-state index contributed by atoms with van der Waals surface area (Å²) in [5, 5.41) is 0. The fourth-order valence-corrected chi connectivity index (χ4v) is 3.20. The second kappa shape index (κ2) is 2.23. The van der Waals surface area contributed by atoms with Crippen LogP contribution in [0.5, 0.6) is 5.75 Å². The number of hydrogen-bond donors (Lipinski definition) is 0. The number of fused-ring (bicyclic) bond motifs is 1. The van der Waals surface area contributed by atoms with Gasteiger partial charge in [-0.3, -0.25) is 0 Å². The fourth-order valence-electron chi connectivity index (χ4n) is 1.95. The molecule has 0 N–H and O–H groups in total. The summed E-state index contributed by atoms with van der Waals surface area (Å²) in [6.07, 6.45) is 0.519. The first-order valence-corrected chi connectivity index (χ1v) is 5.23. The van der Waals surface area contributed by atoms with E-state index in [-0.39, 0.29) is 0 Å². The molecule has 3 heterocycles. The van der Waals surface area contributed by atoms with Crippen LogP contribution in [0.1, 0.15) is 11.5 Å². The summed E-state index contributed by atoms with van der Waals surface area (Å²) in [7, 11) is 1.51. The molecule has 0 fully saturated rings. The molecular formula is C9H8O4S. The first kappa shape index (κ1) is 8.11. The zero-order valence-electron chi connectivity index (χ0n) is 7.53. The molecule has 2 bridgehead atoms. The van der Waals surface area contributed by atoms with E-state index in [1.165, 1.54) is 7.11 Å². The number of furan rings is 1. The van der Waals surface area contributed by atoms with Gasteiger partial charge in [0.15, 0.2) is 11.5 Å². The highest BCUT2D eigenvalue weighted by Crippen LogP contribution is 2.55. The van der Waals surface area contributed by atoms with Crippen molar-refractivity contribution in [1.82, 2.24) is 0 Å². The molecule has 0 spiro atoms. The molecule has 4 nitrogen and oxygen atoms in total. The molecular weight excluding hydrogens is 204 g/mol. The van der Waals surface area contributed by atoms with Crippen molar-refractivity contribution in [2.45, 2.75) is 11.2 Å². The number of hydrogen-bond acceptors (Lipinski definition) is 4. The molecule has 0 saturated heterocycles. The van der Waals surface area contributed by atoms with Gasteiger partial charge in [0.25, 0.3) is 0 Å². The highest BCUT2D eigenvalue weighted by Gasteiger charge is 2.60. The topological polar surface area (TPSA) is 48.7 Å². The second-order valence-electron chi connectivity index (χ2n) is 3.36. The van der Waals surface area contributed by atoms with E-state index in [1.807, 2.05) is 0 Å². The number of methoxy groups -OCH3 is 1. The lowest BCUT2D eigenvalue weighted by Crippen LogP contribution is -2.31. The van der Waals surface area contributed by atoms with Gasteiger partial charge in [0, 0.05) is 12.5 Å². The minimum Gasteiger partial charge on any atom is -0.499 e. The maximum Gasteiger partial charge on any atom is 0.229 e. The van der Waals surface area contributed by atoms with Crippen LogP contribution in [0.25, 0.3) is 0 Å². The van der Waals surface area contributed by atoms with Crippen LogP contribution in [0.4, 0.5) is 0 Å². The minimum atomic E-state index is -1.48. The predicted molar refractivity (Wildman–Crippen MR) is 49.0 cm³/mol. The number of ether oxygens (including phenoxy) is 1. The van der Waals surface area contributed by atoms with Crippen molar-refractivity contribution < 1.29 is 17.5 Å². The maximum absolute atomic E-state index is 11.8. The summed E-state index contributed by atoms with van der Waals surface area (Å²) in [4.78, 5) is 0. The van der Waals surface area contributed by atoms with Crippen molar-refractivity contribution in [1.29, 1.82) is 0 Å². The Bertz CT molecular complexity index is 461. The van der Waals surface area contributed by atoms with Gasteiger partial charge >= 0.3 is 0 Å². The number of rotatable bonds is 2. The third-order valence-corrected chi connectivity index (χ3v) is 4.14. The van der Waals surface area contributed by atoms with E-state index in [0.29, 0.717) is 23.7 Å². The highest BCUT2D eigenvalue weighted by atomic mass is 32.2. The first-order chi connectivity index (χ1) is 6.68. The lowest BCUT2D eigenvalue weighted by Gasteiger charge is -2.20. The first-order valence-electron chi connectivity index (χ1n) is 4.15. The summed E-state index contributed by atoms with van der Waals surface area (Å²) in [6, 6.07) is 1.77. The van der Waals surface area contributed by atoms with Gasteiger partial charge in [-0.15, -0.1) is 0 Å². The van der Waals surface area contributed by atoms with Gasteiger partial charge in [0.1, 0.15) is 11.5 Å². The van der Waals surface area contributed by atoms with Crippen molar-refractivity contribution in [3.05, 3.63) is 29.9 Å². The van der Waals surface area contributed by atoms with E-state index in [2.05, 4.69) is 6.58 Å². The van der Waals surface area contributed by atoms with E-state index < -0.39 is 15.8 Å². The molecule has 2 aliphatic rings. The van der Waals surface area contributed by atoms with Crippen LogP contribution in [-0.4, -0.2) is 11.3 Å². The lowest BCUT2D eigenvalue weighted by atomic mass is 9.96. The van der Waals surface area contributed by atoms with Crippen molar-refractivity contribution in [2.24, 2.45) is 0 Å². The van der Waals surface area contributed by atoms with Crippen LogP contribution in [0.3, 0.4) is 0 Å². The molecule has 3 rings (SSSR count). The second-order valence-corrected chi connectivity index (χ2v) is 4.69. The van der Waals surface area contributed by atoms with Crippen molar-refractivity contribution in [3.63, 3.8) is 0 Å². The Morgan fingerprint density at radius 2 is 2.57 bits per heavy atom. The van der Waals surface area contributed by atoms with Crippen molar-refractivity contribution in [3.8, 4) is 5.75 Å². The molecule has 2 aliphatic heterocycles. The standard InChI is InChI=1S/C9H8O4S/c1-5(11-2)9-4-6-3-7(8(9)12-6)13-14(9)10/h3H,1,4H2,2H3.